The van der Waals surface area contributed by atoms with Crippen molar-refractivity contribution in [3.63, 3.8) is 0 Å². The number of nitrogens with zero attached hydrogens (tertiary/aromatic N) is 1. The zero-order chi connectivity index (χ0) is 27.2. The maximum Gasteiger partial charge on any atom is 0.255 e. The molecule has 1 aromatic heterocycles. The third kappa shape index (κ3) is 5.89. The van der Waals surface area contributed by atoms with Crippen LogP contribution in [0.2, 0.25) is 0 Å². The van der Waals surface area contributed by atoms with Crippen LogP contribution in [0.25, 0.3) is 26.8 Å². The number of pyridine rings is 1. The van der Waals surface area contributed by atoms with E-state index in [9.17, 15) is 4.79 Å². The number of carbonyl (C=O) groups is 1. The van der Waals surface area contributed by atoms with Crippen LogP contribution in [-0.4, -0.2) is 18.7 Å². The Morgan fingerprint density at radius 3 is 2.21 bits per heavy atom. The molecule has 0 spiro atoms. The molecule has 0 unspecified atom stereocenters. The molecule has 5 rings (SSSR count). The third-order valence-corrected chi connectivity index (χ3v) is 7.61. The molecule has 0 aliphatic carbocycles. The molecule has 1 heterocycles. The molecule has 0 radical (unpaired) electrons. The molecule has 194 valence electrons. The lowest BCUT2D eigenvalue weighted by Crippen LogP contribution is -2.33. The van der Waals surface area contributed by atoms with E-state index >= 15 is 0 Å². The minimum Gasteiger partial charge on any atom is -0.388 e. The van der Waals surface area contributed by atoms with Crippen molar-refractivity contribution in [1.82, 2.24) is 0 Å². The molecule has 0 aliphatic rings. The first kappa shape index (κ1) is 26.3. The average molecular weight is 531 g/mol. The predicted molar refractivity (Wildman–Crippen MR) is 166 cm³/mol. The van der Waals surface area contributed by atoms with Crippen molar-refractivity contribution < 1.29 is 9.36 Å². The molecule has 5 heteroatoms. The molecule has 39 heavy (non-hydrogen) atoms. The van der Waals surface area contributed by atoms with E-state index in [0.717, 1.165) is 50.5 Å². The Hall–Kier alpha value is -4.35. The van der Waals surface area contributed by atoms with Gasteiger partial charge in [-0.1, -0.05) is 74.2 Å². The second-order valence-electron chi connectivity index (χ2n) is 9.27. The Bertz CT molecular complexity index is 1610. The molecule has 0 saturated carbocycles. The Balaban J connectivity index is 1.32. The van der Waals surface area contributed by atoms with E-state index < -0.39 is 0 Å². The van der Waals surface area contributed by atoms with Crippen molar-refractivity contribution in [3.8, 4) is 11.1 Å². The lowest BCUT2D eigenvalue weighted by atomic mass is 10.0. The first-order valence-corrected chi connectivity index (χ1v) is 14.1. The van der Waals surface area contributed by atoms with Gasteiger partial charge < -0.3 is 10.6 Å². The SMILES string of the molecule is C=C(SCC)c1cccc2c(NC(=O)c3ccc(C[n+]4ccc(-c5ccccc5)cc4)cc3)ccc(NC)c12. The van der Waals surface area contributed by atoms with E-state index in [2.05, 4.69) is 83.6 Å². The predicted octanol–water partition coefficient (Wildman–Crippen LogP) is 7.86. The highest BCUT2D eigenvalue weighted by Gasteiger charge is 2.15. The van der Waals surface area contributed by atoms with Crippen LogP contribution >= 0.6 is 11.8 Å². The highest BCUT2D eigenvalue weighted by atomic mass is 32.2. The van der Waals surface area contributed by atoms with Crippen molar-refractivity contribution >= 4 is 44.7 Å². The molecular weight excluding hydrogens is 498 g/mol. The van der Waals surface area contributed by atoms with Gasteiger partial charge in [-0.2, -0.15) is 0 Å². The van der Waals surface area contributed by atoms with Crippen molar-refractivity contribution in [2.45, 2.75) is 13.5 Å². The summed E-state index contributed by atoms with van der Waals surface area (Å²) >= 11 is 1.73. The largest absolute Gasteiger partial charge is 0.388 e. The third-order valence-electron chi connectivity index (χ3n) is 6.76. The standard InChI is InChI=1S/C34H31N3OS/c1-4-39-24(2)29-11-8-12-30-31(17-18-32(35-3)33(29)30)36-34(38)28-15-13-25(14-16-28)23-37-21-19-27(20-22-37)26-9-6-5-7-10-26/h5-22,35H,2,4,23H2,1,3H3/p+1. The first-order chi connectivity index (χ1) is 19.1. The molecule has 0 saturated heterocycles. The zero-order valence-corrected chi connectivity index (χ0v) is 23.1. The van der Waals surface area contributed by atoms with Crippen LogP contribution in [0, 0.1) is 0 Å². The molecule has 0 bridgehead atoms. The van der Waals surface area contributed by atoms with E-state index in [4.69, 9.17) is 0 Å². The summed E-state index contributed by atoms with van der Waals surface area (Å²) in [7, 11) is 1.91. The summed E-state index contributed by atoms with van der Waals surface area (Å²) < 4.78 is 2.14. The Kier molecular flexibility index (Phi) is 8.09. The average Bonchev–Trinajstić information content (AvgIpc) is 2.98. The second-order valence-corrected chi connectivity index (χ2v) is 10.6. The molecule has 5 aromatic rings. The van der Waals surface area contributed by atoms with Gasteiger partial charge in [-0.15, -0.1) is 11.8 Å². The molecule has 2 N–H and O–H groups in total. The van der Waals surface area contributed by atoms with Gasteiger partial charge in [0.1, 0.15) is 0 Å². The Morgan fingerprint density at radius 2 is 1.51 bits per heavy atom. The van der Waals surface area contributed by atoms with Gasteiger partial charge in [0.15, 0.2) is 18.9 Å². The fraction of sp³-hybridized carbons (Fsp3) is 0.118. The van der Waals surface area contributed by atoms with Gasteiger partial charge in [0.2, 0.25) is 0 Å². The highest BCUT2D eigenvalue weighted by molar-refractivity contribution is 8.08. The fourth-order valence-electron chi connectivity index (χ4n) is 4.76. The van der Waals surface area contributed by atoms with Crippen molar-refractivity contribution in [3.05, 3.63) is 133 Å². The normalized spacial score (nSPS) is 10.8. The summed E-state index contributed by atoms with van der Waals surface area (Å²) in [6.07, 6.45) is 4.18. The van der Waals surface area contributed by atoms with Gasteiger partial charge in [0.05, 0.1) is 0 Å². The number of thioether (sulfide) groups is 1. The maximum atomic E-state index is 13.2. The minimum absolute atomic E-state index is 0.132. The number of carbonyl (C=O) groups excluding carboxylic acids is 1. The van der Waals surface area contributed by atoms with Crippen LogP contribution in [0.1, 0.15) is 28.4 Å². The number of amides is 1. The Morgan fingerprint density at radius 1 is 0.821 bits per heavy atom. The van der Waals surface area contributed by atoms with Crippen LogP contribution in [0.15, 0.2) is 116 Å². The zero-order valence-electron chi connectivity index (χ0n) is 22.3. The van der Waals surface area contributed by atoms with Crippen LogP contribution < -0.4 is 15.2 Å². The second kappa shape index (κ2) is 12.0. The minimum atomic E-state index is -0.132. The van der Waals surface area contributed by atoms with Gasteiger partial charge in [-0.05, 0) is 46.7 Å². The lowest BCUT2D eigenvalue weighted by molar-refractivity contribution is -0.688. The smallest absolute Gasteiger partial charge is 0.255 e. The van der Waals surface area contributed by atoms with E-state index in [1.807, 2.05) is 61.6 Å². The molecular formula is C34H32N3OS+. The molecule has 0 fully saturated rings. The molecule has 4 nitrogen and oxygen atoms in total. The highest BCUT2D eigenvalue weighted by Crippen LogP contribution is 2.38. The molecule has 0 atom stereocenters. The number of benzene rings is 4. The number of nitrogens with one attached hydrogen (secondary N) is 2. The van der Waals surface area contributed by atoms with E-state index in [-0.39, 0.29) is 5.91 Å². The summed E-state index contributed by atoms with van der Waals surface area (Å²) in [5.74, 6) is 0.820. The molecule has 4 aromatic carbocycles. The van der Waals surface area contributed by atoms with Gasteiger partial charge in [0.25, 0.3) is 5.91 Å². The van der Waals surface area contributed by atoms with Crippen LogP contribution in [0.3, 0.4) is 0 Å². The summed E-state index contributed by atoms with van der Waals surface area (Å²) in [5, 5.41) is 8.47. The Labute approximate surface area is 234 Å². The number of aromatic nitrogens is 1. The topological polar surface area (TPSA) is 45.0 Å². The summed E-state index contributed by atoms with van der Waals surface area (Å²) in [4.78, 5) is 14.2. The van der Waals surface area contributed by atoms with Crippen molar-refractivity contribution in [2.24, 2.45) is 0 Å². The lowest BCUT2D eigenvalue weighted by Gasteiger charge is -2.16. The number of anilines is 2. The first-order valence-electron chi connectivity index (χ1n) is 13.1. The van der Waals surface area contributed by atoms with E-state index in [0.29, 0.717) is 5.56 Å². The summed E-state index contributed by atoms with van der Waals surface area (Å²) in [5.41, 5.74) is 7.02. The van der Waals surface area contributed by atoms with Crippen LogP contribution in [0.5, 0.6) is 0 Å². The fourth-order valence-corrected chi connectivity index (χ4v) is 5.44. The van der Waals surface area contributed by atoms with E-state index in [1.54, 1.807) is 11.8 Å². The maximum absolute atomic E-state index is 13.2. The number of rotatable bonds is 9. The van der Waals surface area contributed by atoms with Crippen molar-refractivity contribution in [1.29, 1.82) is 0 Å². The summed E-state index contributed by atoms with van der Waals surface area (Å²) in [6.45, 7) is 7.13. The van der Waals surface area contributed by atoms with Crippen LogP contribution in [0.4, 0.5) is 11.4 Å². The monoisotopic (exact) mass is 530 g/mol. The van der Waals surface area contributed by atoms with E-state index in [1.165, 1.54) is 11.1 Å². The quantitative estimate of drug-likeness (QED) is 0.191. The van der Waals surface area contributed by atoms with Crippen LogP contribution in [-0.2, 0) is 6.54 Å². The van der Waals surface area contributed by atoms with Gasteiger partial charge in [-0.25, -0.2) is 4.57 Å². The number of hydrogen-bond acceptors (Lipinski definition) is 3. The molecule has 1 amide bonds. The van der Waals surface area contributed by atoms with Gasteiger partial charge >= 0.3 is 0 Å². The number of fused-ring (bicyclic) bond motifs is 1. The van der Waals surface area contributed by atoms with Gasteiger partial charge in [0, 0.05) is 57.4 Å². The molecule has 0 aliphatic heterocycles. The van der Waals surface area contributed by atoms with Gasteiger partial charge in [-0.3, -0.25) is 4.79 Å². The number of hydrogen-bond donors (Lipinski definition) is 2. The van der Waals surface area contributed by atoms with Crippen molar-refractivity contribution in [2.75, 3.05) is 23.4 Å². The summed E-state index contributed by atoms with van der Waals surface area (Å²) in [6, 6.07) is 32.5.